The topological polar surface area (TPSA) is 78.9 Å². The molecule has 306 valence electrons. The van der Waals surface area contributed by atoms with Crippen LogP contribution in [0.25, 0.3) is 0 Å². The van der Waals surface area contributed by atoms with E-state index in [9.17, 15) is 14.4 Å². The Morgan fingerprint density at radius 2 is 0.736 bits per heavy atom. The Bertz CT molecular complexity index is 949. The largest absolute Gasteiger partial charge is 0.462 e. The van der Waals surface area contributed by atoms with Crippen molar-refractivity contribution in [2.24, 2.45) is 0 Å². The Hall–Kier alpha value is -2.63. The molecule has 0 fully saturated rings. The van der Waals surface area contributed by atoms with Gasteiger partial charge in [0, 0.05) is 19.3 Å². The van der Waals surface area contributed by atoms with Gasteiger partial charge in [0.15, 0.2) is 6.10 Å². The average Bonchev–Trinajstić information content (AvgIpc) is 3.15. The SMILES string of the molecule is CC/C=C\C/C=C\C/C=C\C/C=C\CCCCCCCCCCCCCCC(=O)OCC(COC(=O)CCCCCCC)OC(=O)CCCCCCC. The highest BCUT2D eigenvalue weighted by Crippen LogP contribution is 2.14. The molecule has 1 unspecified atom stereocenters. The lowest BCUT2D eigenvalue weighted by Crippen LogP contribution is -2.30. The van der Waals surface area contributed by atoms with Crippen LogP contribution in [0.4, 0.5) is 0 Å². The van der Waals surface area contributed by atoms with Gasteiger partial charge < -0.3 is 14.2 Å². The second kappa shape index (κ2) is 42.1. The fraction of sp³-hybridized carbons (Fsp3) is 0.766. The number of hydrogen-bond acceptors (Lipinski definition) is 6. The summed E-state index contributed by atoms with van der Waals surface area (Å²) in [7, 11) is 0. The van der Waals surface area contributed by atoms with Crippen LogP contribution in [0.2, 0.25) is 0 Å². The molecule has 0 heterocycles. The first kappa shape index (κ1) is 50.4. The summed E-state index contributed by atoms with van der Waals surface area (Å²) in [5, 5.41) is 0. The zero-order valence-electron chi connectivity index (χ0n) is 34.8. The minimum atomic E-state index is -0.762. The summed E-state index contributed by atoms with van der Waals surface area (Å²) < 4.78 is 16.4. The summed E-state index contributed by atoms with van der Waals surface area (Å²) in [4.78, 5) is 37.1. The molecule has 0 rings (SSSR count). The molecular formula is C47H82O6. The summed E-state index contributed by atoms with van der Waals surface area (Å²) in [6.07, 6.45) is 48.9. The van der Waals surface area contributed by atoms with Crippen molar-refractivity contribution in [2.75, 3.05) is 13.2 Å². The van der Waals surface area contributed by atoms with Gasteiger partial charge in [-0.3, -0.25) is 14.4 Å². The lowest BCUT2D eigenvalue weighted by molar-refractivity contribution is -0.167. The minimum Gasteiger partial charge on any atom is -0.462 e. The van der Waals surface area contributed by atoms with E-state index in [-0.39, 0.29) is 31.1 Å². The van der Waals surface area contributed by atoms with Crippen molar-refractivity contribution < 1.29 is 28.6 Å². The number of carbonyl (C=O) groups excluding carboxylic acids is 3. The lowest BCUT2D eigenvalue weighted by atomic mass is 10.0. The first-order valence-corrected chi connectivity index (χ1v) is 22.1. The third kappa shape index (κ3) is 40.4. The van der Waals surface area contributed by atoms with Crippen LogP contribution in [0.3, 0.4) is 0 Å². The van der Waals surface area contributed by atoms with E-state index >= 15 is 0 Å². The number of ether oxygens (including phenoxy) is 3. The molecule has 0 amide bonds. The maximum absolute atomic E-state index is 12.4. The standard InChI is InChI=1S/C47H82O6/c1-4-7-10-13-14-15-16-17-18-19-20-21-22-23-24-25-26-27-28-29-30-31-32-35-37-40-46(49)52-43-44(53-47(50)41-38-34-12-9-6-3)42-51-45(48)39-36-33-11-8-5-2/h7,10,14-15,17-18,20-21,44H,4-6,8-9,11-13,16,19,22-43H2,1-3H3/b10-7-,15-14-,18-17-,21-20-. The molecule has 1 atom stereocenters. The first-order chi connectivity index (χ1) is 26.0. The van der Waals surface area contributed by atoms with Crippen molar-refractivity contribution in [3.8, 4) is 0 Å². The lowest BCUT2D eigenvalue weighted by Gasteiger charge is -2.18. The monoisotopic (exact) mass is 743 g/mol. The van der Waals surface area contributed by atoms with Crippen LogP contribution in [0, 0.1) is 0 Å². The highest BCUT2D eigenvalue weighted by Gasteiger charge is 2.19. The molecule has 0 radical (unpaired) electrons. The van der Waals surface area contributed by atoms with Gasteiger partial charge in [-0.1, -0.05) is 185 Å². The molecule has 0 aliphatic rings. The number of hydrogen-bond donors (Lipinski definition) is 0. The smallest absolute Gasteiger partial charge is 0.306 e. The number of rotatable bonds is 39. The second-order valence-electron chi connectivity index (χ2n) is 14.6. The summed E-state index contributed by atoms with van der Waals surface area (Å²) in [5.74, 6) is -0.907. The van der Waals surface area contributed by atoms with Gasteiger partial charge in [0.25, 0.3) is 0 Å². The van der Waals surface area contributed by atoms with Crippen molar-refractivity contribution >= 4 is 17.9 Å². The van der Waals surface area contributed by atoms with Crippen LogP contribution in [-0.2, 0) is 28.6 Å². The van der Waals surface area contributed by atoms with Crippen LogP contribution in [0.1, 0.15) is 213 Å². The fourth-order valence-electron chi connectivity index (χ4n) is 6.02. The van der Waals surface area contributed by atoms with Crippen molar-refractivity contribution in [1.29, 1.82) is 0 Å². The van der Waals surface area contributed by atoms with E-state index in [0.717, 1.165) is 103 Å². The highest BCUT2D eigenvalue weighted by molar-refractivity contribution is 5.71. The molecule has 53 heavy (non-hydrogen) atoms. The van der Waals surface area contributed by atoms with Crippen LogP contribution < -0.4 is 0 Å². The van der Waals surface area contributed by atoms with E-state index < -0.39 is 6.10 Å². The zero-order chi connectivity index (χ0) is 38.7. The van der Waals surface area contributed by atoms with Gasteiger partial charge in [-0.25, -0.2) is 0 Å². The van der Waals surface area contributed by atoms with Crippen molar-refractivity contribution in [3.05, 3.63) is 48.6 Å². The summed E-state index contributed by atoms with van der Waals surface area (Å²) in [6, 6.07) is 0. The second-order valence-corrected chi connectivity index (χ2v) is 14.6. The van der Waals surface area contributed by atoms with Gasteiger partial charge in [-0.2, -0.15) is 0 Å². The summed E-state index contributed by atoms with van der Waals surface area (Å²) in [6.45, 7) is 6.34. The van der Waals surface area contributed by atoms with Gasteiger partial charge in [-0.05, 0) is 57.8 Å². The maximum Gasteiger partial charge on any atom is 0.306 e. The third-order valence-corrected chi connectivity index (χ3v) is 9.35. The van der Waals surface area contributed by atoms with Crippen molar-refractivity contribution in [2.45, 2.75) is 219 Å². The quantitative estimate of drug-likeness (QED) is 0.0270. The van der Waals surface area contributed by atoms with E-state index in [1.54, 1.807) is 0 Å². The molecule has 6 nitrogen and oxygen atoms in total. The molecule has 0 aromatic rings. The fourth-order valence-corrected chi connectivity index (χ4v) is 6.02. The molecule has 0 aromatic carbocycles. The molecule has 0 aromatic heterocycles. The zero-order valence-corrected chi connectivity index (χ0v) is 34.8. The first-order valence-electron chi connectivity index (χ1n) is 22.1. The molecule has 0 aliphatic heterocycles. The van der Waals surface area contributed by atoms with Gasteiger partial charge in [-0.15, -0.1) is 0 Å². The third-order valence-electron chi connectivity index (χ3n) is 9.35. The van der Waals surface area contributed by atoms with E-state index in [4.69, 9.17) is 14.2 Å². The molecule has 0 bridgehead atoms. The summed E-state index contributed by atoms with van der Waals surface area (Å²) >= 11 is 0. The Kier molecular flexibility index (Phi) is 40.0. The highest BCUT2D eigenvalue weighted by atomic mass is 16.6. The molecule has 0 N–H and O–H groups in total. The van der Waals surface area contributed by atoms with Crippen molar-refractivity contribution in [1.82, 2.24) is 0 Å². The Morgan fingerprint density at radius 1 is 0.396 bits per heavy atom. The van der Waals surface area contributed by atoms with E-state index in [1.807, 2.05) is 0 Å². The van der Waals surface area contributed by atoms with E-state index in [0.29, 0.717) is 19.3 Å². The van der Waals surface area contributed by atoms with Crippen LogP contribution >= 0.6 is 0 Å². The number of carbonyl (C=O) groups is 3. The molecular weight excluding hydrogens is 661 g/mol. The predicted molar refractivity (Wildman–Crippen MR) is 224 cm³/mol. The van der Waals surface area contributed by atoms with Crippen LogP contribution in [0.5, 0.6) is 0 Å². The minimum absolute atomic E-state index is 0.0739. The van der Waals surface area contributed by atoms with Crippen LogP contribution in [-0.4, -0.2) is 37.2 Å². The predicted octanol–water partition coefficient (Wildman–Crippen LogP) is 14.0. The average molecular weight is 743 g/mol. The van der Waals surface area contributed by atoms with Gasteiger partial charge in [0.2, 0.25) is 0 Å². The van der Waals surface area contributed by atoms with Gasteiger partial charge in [0.05, 0.1) is 0 Å². The maximum atomic E-state index is 12.4. The Labute approximate surface area is 327 Å². The normalized spacial score (nSPS) is 12.4. The van der Waals surface area contributed by atoms with Gasteiger partial charge >= 0.3 is 17.9 Å². The number of unbranched alkanes of at least 4 members (excludes halogenated alkanes) is 20. The van der Waals surface area contributed by atoms with Gasteiger partial charge in [0.1, 0.15) is 13.2 Å². The Balaban J connectivity index is 3.91. The van der Waals surface area contributed by atoms with E-state index in [1.165, 1.54) is 70.6 Å². The van der Waals surface area contributed by atoms with Crippen LogP contribution in [0.15, 0.2) is 48.6 Å². The number of allylic oxidation sites excluding steroid dienone is 8. The molecule has 0 aliphatic carbocycles. The van der Waals surface area contributed by atoms with Crippen molar-refractivity contribution in [3.63, 3.8) is 0 Å². The Morgan fingerprint density at radius 3 is 1.15 bits per heavy atom. The summed E-state index contributed by atoms with van der Waals surface area (Å²) in [5.41, 5.74) is 0. The van der Waals surface area contributed by atoms with E-state index in [2.05, 4.69) is 69.4 Å². The molecule has 0 spiro atoms. The molecule has 0 saturated heterocycles. The number of esters is 3. The molecule has 6 heteroatoms. The molecule has 0 saturated carbocycles.